The summed E-state index contributed by atoms with van der Waals surface area (Å²) in [6, 6.07) is 15.0. The highest BCUT2D eigenvalue weighted by Crippen LogP contribution is 2.27. The molecule has 148 valence electrons. The van der Waals surface area contributed by atoms with Gasteiger partial charge in [0.25, 0.3) is 5.56 Å². The normalized spacial score (nSPS) is 12.5. The topological polar surface area (TPSA) is 77.0 Å². The second-order valence-electron chi connectivity index (χ2n) is 6.73. The molecule has 2 aromatic carbocycles. The summed E-state index contributed by atoms with van der Waals surface area (Å²) in [5.41, 5.74) is 2.07. The SMILES string of the molecule is COCCn1c(S[C@H](C)C(=O)c2c[nH]c3ccccc23)nc2ccccc2c1=O. The molecule has 0 saturated carbocycles. The average Bonchev–Trinajstić information content (AvgIpc) is 3.17. The Balaban J connectivity index is 1.70. The number of carbonyl (C=O) groups is 1. The molecule has 29 heavy (non-hydrogen) atoms. The van der Waals surface area contributed by atoms with Crippen LogP contribution in [0.2, 0.25) is 0 Å². The van der Waals surface area contributed by atoms with Crippen molar-refractivity contribution in [2.24, 2.45) is 0 Å². The van der Waals surface area contributed by atoms with E-state index < -0.39 is 5.25 Å². The Morgan fingerprint density at radius 3 is 2.69 bits per heavy atom. The number of aromatic nitrogens is 3. The lowest BCUT2D eigenvalue weighted by molar-refractivity contribution is 0.0995. The largest absolute Gasteiger partial charge is 0.383 e. The standard InChI is InChI=1S/C22H21N3O3S/c1-14(20(26)17-13-23-18-9-5-3-7-15(17)18)29-22-24-19-10-6-4-8-16(19)21(27)25(22)11-12-28-2/h3-10,13-14,23H,11-12H2,1-2H3/t14-/m1/s1. The number of methoxy groups -OCH3 is 1. The Kier molecular flexibility index (Phi) is 5.51. The number of ketones is 1. The number of para-hydroxylation sites is 2. The van der Waals surface area contributed by atoms with Crippen molar-refractivity contribution >= 4 is 39.4 Å². The third-order valence-electron chi connectivity index (χ3n) is 4.85. The second-order valence-corrected chi connectivity index (χ2v) is 8.04. The molecule has 7 heteroatoms. The Hall–Kier alpha value is -2.90. The number of hydrogen-bond acceptors (Lipinski definition) is 5. The van der Waals surface area contributed by atoms with E-state index in [0.29, 0.717) is 34.8 Å². The number of ether oxygens (including phenoxy) is 1. The first-order valence-corrected chi connectivity index (χ1v) is 10.2. The van der Waals surface area contributed by atoms with Gasteiger partial charge < -0.3 is 9.72 Å². The van der Waals surface area contributed by atoms with Gasteiger partial charge in [-0.3, -0.25) is 14.2 Å². The predicted octanol–water partition coefficient (Wildman–Crippen LogP) is 3.89. The van der Waals surface area contributed by atoms with E-state index in [1.165, 1.54) is 11.8 Å². The lowest BCUT2D eigenvalue weighted by Crippen LogP contribution is -2.26. The van der Waals surface area contributed by atoms with Crippen molar-refractivity contribution in [1.82, 2.24) is 14.5 Å². The lowest BCUT2D eigenvalue weighted by Gasteiger charge is -2.15. The number of thioether (sulfide) groups is 1. The smallest absolute Gasteiger partial charge is 0.262 e. The third-order valence-corrected chi connectivity index (χ3v) is 5.94. The molecule has 0 fully saturated rings. The number of H-pyrrole nitrogens is 1. The van der Waals surface area contributed by atoms with E-state index in [2.05, 4.69) is 9.97 Å². The van der Waals surface area contributed by atoms with E-state index in [9.17, 15) is 9.59 Å². The number of nitrogens with zero attached hydrogens (tertiary/aromatic N) is 2. The summed E-state index contributed by atoms with van der Waals surface area (Å²) in [5, 5.41) is 1.57. The van der Waals surface area contributed by atoms with Crippen LogP contribution in [0.25, 0.3) is 21.8 Å². The number of benzene rings is 2. The maximum Gasteiger partial charge on any atom is 0.262 e. The van der Waals surface area contributed by atoms with Crippen LogP contribution in [0.1, 0.15) is 17.3 Å². The van der Waals surface area contributed by atoms with Gasteiger partial charge in [-0.05, 0) is 25.1 Å². The average molecular weight is 407 g/mol. The molecule has 1 N–H and O–H groups in total. The molecule has 2 heterocycles. The van der Waals surface area contributed by atoms with E-state index >= 15 is 0 Å². The Bertz CT molecular complexity index is 1250. The molecule has 6 nitrogen and oxygen atoms in total. The Morgan fingerprint density at radius 2 is 1.90 bits per heavy atom. The highest BCUT2D eigenvalue weighted by molar-refractivity contribution is 8.00. The summed E-state index contributed by atoms with van der Waals surface area (Å²) in [7, 11) is 1.59. The van der Waals surface area contributed by atoms with E-state index in [4.69, 9.17) is 4.74 Å². The van der Waals surface area contributed by atoms with Crippen molar-refractivity contribution in [2.75, 3.05) is 13.7 Å². The second kappa shape index (κ2) is 8.23. The van der Waals surface area contributed by atoms with Crippen molar-refractivity contribution in [2.45, 2.75) is 23.9 Å². The van der Waals surface area contributed by atoms with Crippen molar-refractivity contribution in [3.63, 3.8) is 0 Å². The van der Waals surface area contributed by atoms with Crippen LogP contribution in [0.3, 0.4) is 0 Å². The first-order chi connectivity index (χ1) is 14.1. The van der Waals surface area contributed by atoms with E-state index in [1.807, 2.05) is 49.4 Å². The van der Waals surface area contributed by atoms with Crippen LogP contribution >= 0.6 is 11.8 Å². The number of hydrogen-bond donors (Lipinski definition) is 1. The van der Waals surface area contributed by atoms with Crippen LogP contribution in [-0.4, -0.2) is 39.3 Å². The predicted molar refractivity (Wildman–Crippen MR) is 116 cm³/mol. The zero-order chi connectivity index (χ0) is 20.4. The van der Waals surface area contributed by atoms with Gasteiger partial charge >= 0.3 is 0 Å². The van der Waals surface area contributed by atoms with Gasteiger partial charge in [-0.2, -0.15) is 0 Å². The molecule has 0 aliphatic heterocycles. The Morgan fingerprint density at radius 1 is 1.17 bits per heavy atom. The van der Waals surface area contributed by atoms with Crippen LogP contribution in [0.5, 0.6) is 0 Å². The molecule has 0 aliphatic carbocycles. The number of rotatable bonds is 7. The lowest BCUT2D eigenvalue weighted by atomic mass is 10.1. The summed E-state index contributed by atoms with van der Waals surface area (Å²) >= 11 is 1.30. The molecule has 0 radical (unpaired) electrons. The molecule has 0 spiro atoms. The van der Waals surface area contributed by atoms with Gasteiger partial charge in [-0.15, -0.1) is 0 Å². The zero-order valence-electron chi connectivity index (χ0n) is 16.2. The fraction of sp³-hybridized carbons (Fsp3) is 0.227. The number of fused-ring (bicyclic) bond motifs is 2. The Labute approximate surface area is 171 Å². The summed E-state index contributed by atoms with van der Waals surface area (Å²) < 4.78 is 6.75. The quantitative estimate of drug-likeness (QED) is 0.286. The minimum Gasteiger partial charge on any atom is -0.383 e. The molecule has 4 aromatic rings. The summed E-state index contributed by atoms with van der Waals surface area (Å²) in [5.74, 6) is -0.00634. The monoisotopic (exact) mass is 407 g/mol. The molecule has 0 amide bonds. The molecular weight excluding hydrogens is 386 g/mol. The van der Waals surface area contributed by atoms with Gasteiger partial charge in [0.1, 0.15) is 0 Å². The van der Waals surface area contributed by atoms with Crippen LogP contribution < -0.4 is 5.56 Å². The first-order valence-electron chi connectivity index (χ1n) is 9.35. The van der Waals surface area contributed by atoms with Crippen LogP contribution in [0, 0.1) is 0 Å². The fourth-order valence-electron chi connectivity index (χ4n) is 3.32. The summed E-state index contributed by atoms with van der Waals surface area (Å²) in [6.07, 6.45) is 1.75. The van der Waals surface area contributed by atoms with Crippen LogP contribution in [0.4, 0.5) is 0 Å². The van der Waals surface area contributed by atoms with E-state index in [0.717, 1.165) is 10.9 Å². The van der Waals surface area contributed by atoms with Gasteiger partial charge in [-0.1, -0.05) is 42.1 Å². The van der Waals surface area contributed by atoms with Gasteiger partial charge in [0.05, 0.1) is 29.3 Å². The fourth-order valence-corrected chi connectivity index (χ4v) is 4.33. The van der Waals surface area contributed by atoms with Crippen LogP contribution in [-0.2, 0) is 11.3 Å². The number of Topliss-reactive ketones (excluding diaryl/α,β-unsaturated/α-hetero) is 1. The van der Waals surface area contributed by atoms with Crippen molar-refractivity contribution in [1.29, 1.82) is 0 Å². The molecule has 0 aliphatic rings. The maximum atomic E-state index is 13.1. The first kappa shape index (κ1) is 19.4. The van der Waals surface area contributed by atoms with Crippen molar-refractivity contribution in [3.8, 4) is 0 Å². The molecular formula is C22H21N3O3S. The number of aromatic amines is 1. The molecule has 1 atom stereocenters. The highest BCUT2D eigenvalue weighted by atomic mass is 32.2. The molecule has 0 saturated heterocycles. The van der Waals surface area contributed by atoms with E-state index in [-0.39, 0.29) is 11.3 Å². The molecule has 2 aromatic heterocycles. The minimum absolute atomic E-state index is 0.00634. The molecule has 0 bridgehead atoms. The van der Waals surface area contributed by atoms with E-state index in [1.54, 1.807) is 23.9 Å². The molecule has 4 rings (SSSR count). The summed E-state index contributed by atoms with van der Waals surface area (Å²) in [4.78, 5) is 33.9. The summed E-state index contributed by atoms with van der Waals surface area (Å²) in [6.45, 7) is 2.61. The third kappa shape index (κ3) is 3.71. The maximum absolute atomic E-state index is 13.1. The highest BCUT2D eigenvalue weighted by Gasteiger charge is 2.22. The number of nitrogens with one attached hydrogen (secondary N) is 1. The van der Waals surface area contributed by atoms with Crippen molar-refractivity contribution < 1.29 is 9.53 Å². The van der Waals surface area contributed by atoms with Crippen molar-refractivity contribution in [3.05, 3.63) is 70.6 Å². The van der Waals surface area contributed by atoms with Crippen LogP contribution in [0.15, 0.2) is 64.7 Å². The molecule has 0 unspecified atom stereocenters. The van der Waals surface area contributed by atoms with Gasteiger partial charge in [0, 0.05) is 29.8 Å². The van der Waals surface area contributed by atoms with Gasteiger partial charge in [-0.25, -0.2) is 4.98 Å². The minimum atomic E-state index is -0.406. The van der Waals surface area contributed by atoms with Gasteiger partial charge in [0.2, 0.25) is 0 Å². The zero-order valence-corrected chi connectivity index (χ0v) is 17.0. The number of carbonyl (C=O) groups excluding carboxylic acids is 1. The van der Waals surface area contributed by atoms with Gasteiger partial charge in [0.15, 0.2) is 10.9 Å².